The summed E-state index contributed by atoms with van der Waals surface area (Å²) in [5.41, 5.74) is 0.647. The molecule has 1 rings (SSSR count). The van der Waals surface area contributed by atoms with Gasteiger partial charge in [-0.25, -0.2) is 0 Å². The minimum atomic E-state index is -1.65. The van der Waals surface area contributed by atoms with E-state index < -0.39 is 5.97 Å². The van der Waals surface area contributed by atoms with E-state index in [0.29, 0.717) is 55.3 Å². The third kappa shape index (κ3) is 14.8. The number of ether oxygens (including phenoxy) is 4. The molecule has 5 nitrogen and oxygen atoms in total. The van der Waals surface area contributed by atoms with Crippen molar-refractivity contribution in [3.05, 3.63) is 29.8 Å². The molecule has 0 amide bonds. The number of para-hydroxylation sites is 1. The zero-order chi connectivity index (χ0) is 30.3. The van der Waals surface area contributed by atoms with Gasteiger partial charge < -0.3 is 18.9 Å². The molecule has 1 aromatic carbocycles. The number of halogens is 1. The van der Waals surface area contributed by atoms with Crippen LogP contribution in [0, 0.1) is 17.8 Å². The van der Waals surface area contributed by atoms with Crippen molar-refractivity contribution in [2.24, 2.45) is 17.8 Å². The third-order valence-electron chi connectivity index (χ3n) is 8.10. The Balaban J connectivity index is 3.49. The maximum Gasteiger partial charge on any atom is 0.362 e. The summed E-state index contributed by atoms with van der Waals surface area (Å²) in [5, 5.41) is 0.733. The summed E-state index contributed by atoms with van der Waals surface area (Å²) in [5.74, 6) is -0.126. The van der Waals surface area contributed by atoms with Crippen molar-refractivity contribution in [1.29, 1.82) is 0 Å². The molecule has 3 atom stereocenters. The normalized spacial score (nSPS) is 15.2. The van der Waals surface area contributed by atoms with Crippen LogP contribution in [0.2, 0.25) is 0 Å². The summed E-state index contributed by atoms with van der Waals surface area (Å²) < 4.78 is 26.2. The second kappa shape index (κ2) is 23.4. The molecule has 6 heteroatoms. The molecule has 3 unspecified atom stereocenters. The molecule has 0 aliphatic heterocycles. The van der Waals surface area contributed by atoms with Crippen molar-refractivity contribution in [2.45, 2.75) is 137 Å². The van der Waals surface area contributed by atoms with E-state index in [1.807, 2.05) is 24.3 Å². The molecule has 0 aliphatic rings. The number of alkyl halides is 1. The number of hydrogen-bond donors (Lipinski definition) is 0. The van der Waals surface area contributed by atoms with Crippen LogP contribution in [-0.4, -0.2) is 31.1 Å². The topological polar surface area (TPSA) is 54.0 Å². The molecule has 0 N–H and O–H groups in total. The molecule has 1 aromatic rings. The van der Waals surface area contributed by atoms with E-state index >= 15 is 0 Å². The molecule has 0 aliphatic carbocycles. The second-order valence-corrected chi connectivity index (χ2v) is 12.3. The van der Waals surface area contributed by atoms with Gasteiger partial charge in [0.25, 0.3) is 0 Å². The van der Waals surface area contributed by atoms with Gasteiger partial charge in [0.05, 0.1) is 25.4 Å². The smallest absolute Gasteiger partial charge is 0.362 e. The van der Waals surface area contributed by atoms with Gasteiger partial charge in [0.1, 0.15) is 5.75 Å². The number of unbranched alkanes of at least 4 members (excludes halogenated alkanes) is 3. The van der Waals surface area contributed by atoms with E-state index in [9.17, 15) is 4.79 Å². The predicted molar refractivity (Wildman–Crippen MR) is 175 cm³/mol. The second-order valence-electron chi connectivity index (χ2n) is 11.5. The van der Waals surface area contributed by atoms with Crippen LogP contribution in [0.15, 0.2) is 24.3 Å². The molecule has 41 heavy (non-hydrogen) atoms. The van der Waals surface area contributed by atoms with Gasteiger partial charge >= 0.3 is 11.9 Å². The number of esters is 1. The Hall–Kier alpha value is -1.11. The zero-order valence-electron chi connectivity index (χ0n) is 27.2. The highest BCUT2D eigenvalue weighted by Crippen LogP contribution is 2.38. The quantitative estimate of drug-likeness (QED) is 0.0572. The molecule has 0 heterocycles. The Kier molecular flexibility index (Phi) is 21.6. The standard InChI is InChI=1S/C35H61BrO5/c1-7-13-19-29(10-4)26-38-33-23-17-16-22-32(33)35(41-34(37)24-18-25-36,39-27-30(11-5)20-14-8-2)40-28-31(12-6)21-15-9-3/h16-17,22-23,29-31H,7-15,18-21,24-28H2,1-6H3. The summed E-state index contributed by atoms with van der Waals surface area (Å²) in [6, 6.07) is 7.82. The first-order chi connectivity index (χ1) is 19.9. The number of carbonyl (C=O) groups excluding carboxylic acids is 1. The van der Waals surface area contributed by atoms with Gasteiger partial charge in [0, 0.05) is 11.8 Å². The summed E-state index contributed by atoms with van der Waals surface area (Å²) in [6.07, 6.45) is 14.3. The Morgan fingerprint density at radius 3 is 1.68 bits per heavy atom. The summed E-state index contributed by atoms with van der Waals surface area (Å²) in [7, 11) is 0. The number of carbonyl (C=O) groups is 1. The first kappa shape index (κ1) is 37.9. The monoisotopic (exact) mass is 640 g/mol. The van der Waals surface area contributed by atoms with Gasteiger partial charge in [-0.2, -0.15) is 0 Å². The molecule has 0 aromatic heterocycles. The molecule has 0 fully saturated rings. The van der Waals surface area contributed by atoms with Gasteiger partial charge in [-0.1, -0.05) is 127 Å². The Morgan fingerprint density at radius 1 is 0.732 bits per heavy atom. The maximum atomic E-state index is 13.3. The highest BCUT2D eigenvalue weighted by Gasteiger charge is 2.43. The average molecular weight is 642 g/mol. The van der Waals surface area contributed by atoms with Crippen molar-refractivity contribution in [3.63, 3.8) is 0 Å². The lowest BCUT2D eigenvalue weighted by atomic mass is 10.00. The average Bonchev–Trinajstić information content (AvgIpc) is 3.00. The van der Waals surface area contributed by atoms with Crippen LogP contribution in [-0.2, 0) is 25.0 Å². The summed E-state index contributed by atoms with van der Waals surface area (Å²) in [4.78, 5) is 13.3. The Bertz CT molecular complexity index is 766. The van der Waals surface area contributed by atoms with Crippen LogP contribution in [0.5, 0.6) is 5.75 Å². The SMILES string of the molecule is CCCCC(CC)COc1ccccc1C(OCC(CC)CCCC)(OCC(CC)CCCC)OC(=O)CCCBr. The van der Waals surface area contributed by atoms with E-state index in [4.69, 9.17) is 18.9 Å². The van der Waals surface area contributed by atoms with E-state index in [1.54, 1.807) is 0 Å². The molecule has 0 spiro atoms. The van der Waals surface area contributed by atoms with Crippen LogP contribution in [0.4, 0.5) is 0 Å². The lowest BCUT2D eigenvalue weighted by Crippen LogP contribution is -2.41. The van der Waals surface area contributed by atoms with Crippen LogP contribution < -0.4 is 4.74 Å². The first-order valence-corrected chi connectivity index (χ1v) is 17.8. The molecule has 0 radical (unpaired) electrons. The van der Waals surface area contributed by atoms with Crippen molar-refractivity contribution >= 4 is 21.9 Å². The Morgan fingerprint density at radius 2 is 1.22 bits per heavy atom. The molecule has 238 valence electrons. The molecular weight excluding hydrogens is 580 g/mol. The largest absolute Gasteiger partial charge is 0.493 e. The van der Waals surface area contributed by atoms with E-state index in [0.717, 1.165) is 69.5 Å². The minimum absolute atomic E-state index is 0.289. The highest BCUT2D eigenvalue weighted by atomic mass is 79.9. The van der Waals surface area contributed by atoms with Crippen molar-refractivity contribution in [3.8, 4) is 5.75 Å². The fourth-order valence-electron chi connectivity index (χ4n) is 4.93. The summed E-state index contributed by atoms with van der Waals surface area (Å²) >= 11 is 3.45. The molecule has 0 saturated carbocycles. The van der Waals surface area contributed by atoms with Gasteiger partial charge in [-0.3, -0.25) is 4.79 Å². The van der Waals surface area contributed by atoms with Crippen molar-refractivity contribution < 1.29 is 23.7 Å². The highest BCUT2D eigenvalue weighted by molar-refractivity contribution is 9.09. The first-order valence-electron chi connectivity index (χ1n) is 16.7. The lowest BCUT2D eigenvalue weighted by Gasteiger charge is -2.36. The maximum absolute atomic E-state index is 13.3. The fraction of sp³-hybridized carbons (Fsp3) is 0.800. The molecule has 0 bridgehead atoms. The fourth-order valence-corrected chi connectivity index (χ4v) is 5.21. The van der Waals surface area contributed by atoms with E-state index in [2.05, 4.69) is 57.5 Å². The van der Waals surface area contributed by atoms with Crippen molar-refractivity contribution in [2.75, 3.05) is 25.2 Å². The van der Waals surface area contributed by atoms with Gasteiger partial charge in [0.2, 0.25) is 0 Å². The minimum Gasteiger partial charge on any atom is -0.493 e. The number of rotatable bonds is 26. The van der Waals surface area contributed by atoms with E-state index in [-0.39, 0.29) is 12.4 Å². The number of benzene rings is 1. The number of hydrogen-bond acceptors (Lipinski definition) is 5. The molecule has 0 saturated heterocycles. The van der Waals surface area contributed by atoms with Gasteiger partial charge in [-0.15, -0.1) is 0 Å². The van der Waals surface area contributed by atoms with E-state index in [1.165, 1.54) is 12.8 Å². The third-order valence-corrected chi connectivity index (χ3v) is 8.66. The Labute approximate surface area is 260 Å². The van der Waals surface area contributed by atoms with Gasteiger partial charge in [-0.05, 0) is 55.6 Å². The lowest BCUT2D eigenvalue weighted by molar-refractivity contribution is -0.381. The van der Waals surface area contributed by atoms with Crippen LogP contribution >= 0.6 is 15.9 Å². The zero-order valence-corrected chi connectivity index (χ0v) is 28.8. The van der Waals surface area contributed by atoms with Crippen LogP contribution in [0.1, 0.15) is 137 Å². The summed E-state index contributed by atoms with van der Waals surface area (Å²) in [6.45, 7) is 14.8. The molecular formula is C35H61BrO5. The predicted octanol–water partition coefficient (Wildman–Crippen LogP) is 10.6. The van der Waals surface area contributed by atoms with Gasteiger partial charge in [0.15, 0.2) is 0 Å². The van der Waals surface area contributed by atoms with Crippen molar-refractivity contribution in [1.82, 2.24) is 0 Å². The van der Waals surface area contributed by atoms with Crippen LogP contribution in [0.3, 0.4) is 0 Å². The van der Waals surface area contributed by atoms with Crippen LogP contribution in [0.25, 0.3) is 0 Å².